The molecule has 0 saturated heterocycles. The number of nitrogens with one attached hydrogen (secondary N) is 1. The third-order valence-electron chi connectivity index (χ3n) is 2.47. The van der Waals surface area contributed by atoms with Gasteiger partial charge in [0.25, 0.3) is 6.43 Å². The molecule has 0 aromatic carbocycles. The molecule has 0 amide bonds. The van der Waals surface area contributed by atoms with E-state index in [9.17, 15) is 8.78 Å². The van der Waals surface area contributed by atoms with E-state index in [4.69, 9.17) is 0 Å². The molecular weight excluding hydrogens is 148 g/mol. The monoisotopic (exact) mass is 165 g/mol. The molecule has 3 heteroatoms. The molecule has 0 fully saturated rings. The van der Waals surface area contributed by atoms with Gasteiger partial charge in [-0.15, -0.1) is 0 Å². The molecular formula is C8H17F2N. The molecule has 0 spiro atoms. The zero-order valence-corrected chi connectivity index (χ0v) is 7.62. The number of halogens is 2. The maximum atomic E-state index is 12.5. The Morgan fingerprint density at radius 1 is 1.36 bits per heavy atom. The lowest BCUT2D eigenvalue weighted by Crippen LogP contribution is -2.53. The van der Waals surface area contributed by atoms with Crippen molar-refractivity contribution in [2.75, 3.05) is 7.05 Å². The molecule has 0 bridgehead atoms. The second-order valence-electron chi connectivity index (χ2n) is 3.10. The van der Waals surface area contributed by atoms with Crippen LogP contribution in [0.25, 0.3) is 0 Å². The van der Waals surface area contributed by atoms with Gasteiger partial charge in [0, 0.05) is 0 Å². The Labute approximate surface area is 67.2 Å². The minimum atomic E-state index is -2.29. The summed E-state index contributed by atoms with van der Waals surface area (Å²) in [5.74, 6) is -0.0440. The van der Waals surface area contributed by atoms with E-state index in [1.807, 2.05) is 13.8 Å². The van der Waals surface area contributed by atoms with Crippen LogP contribution < -0.4 is 5.32 Å². The van der Waals surface area contributed by atoms with E-state index in [1.54, 1.807) is 14.0 Å². The number of rotatable bonds is 4. The Morgan fingerprint density at radius 3 is 1.82 bits per heavy atom. The van der Waals surface area contributed by atoms with Crippen molar-refractivity contribution in [2.45, 2.75) is 39.2 Å². The summed E-state index contributed by atoms with van der Waals surface area (Å²) in [6.07, 6.45) is -1.84. The summed E-state index contributed by atoms with van der Waals surface area (Å²) >= 11 is 0. The highest BCUT2D eigenvalue weighted by Crippen LogP contribution is 2.27. The Balaban J connectivity index is 4.46. The summed E-state index contributed by atoms with van der Waals surface area (Å²) in [5, 5.41) is 2.71. The van der Waals surface area contributed by atoms with Crippen LogP contribution >= 0.6 is 0 Å². The van der Waals surface area contributed by atoms with Crippen molar-refractivity contribution in [3.8, 4) is 0 Å². The molecule has 68 valence electrons. The Hall–Kier alpha value is -0.180. The second-order valence-corrected chi connectivity index (χ2v) is 3.10. The van der Waals surface area contributed by atoms with Gasteiger partial charge in [0.15, 0.2) is 0 Å². The molecule has 1 atom stereocenters. The maximum absolute atomic E-state index is 12.5. The highest BCUT2D eigenvalue weighted by molar-refractivity contribution is 4.90. The first-order valence-electron chi connectivity index (χ1n) is 3.98. The van der Waals surface area contributed by atoms with Gasteiger partial charge in [-0.3, -0.25) is 0 Å². The van der Waals surface area contributed by atoms with E-state index < -0.39 is 12.0 Å². The van der Waals surface area contributed by atoms with Crippen molar-refractivity contribution in [1.29, 1.82) is 0 Å². The largest absolute Gasteiger partial charge is 0.309 e. The lowest BCUT2D eigenvalue weighted by molar-refractivity contribution is 0.00342. The van der Waals surface area contributed by atoms with Crippen LogP contribution in [-0.4, -0.2) is 19.0 Å². The van der Waals surface area contributed by atoms with Crippen LogP contribution in [0.2, 0.25) is 0 Å². The first-order chi connectivity index (χ1) is 5.01. The normalized spacial score (nSPS) is 17.5. The van der Waals surface area contributed by atoms with Crippen LogP contribution in [-0.2, 0) is 0 Å². The van der Waals surface area contributed by atoms with E-state index in [0.717, 1.165) is 0 Å². The van der Waals surface area contributed by atoms with Gasteiger partial charge in [0.2, 0.25) is 0 Å². The lowest BCUT2D eigenvalue weighted by atomic mass is 9.84. The van der Waals surface area contributed by atoms with Crippen molar-refractivity contribution in [3.63, 3.8) is 0 Å². The summed E-state index contributed by atoms with van der Waals surface area (Å²) in [6, 6.07) is 0. The maximum Gasteiger partial charge on any atom is 0.256 e. The van der Waals surface area contributed by atoms with Gasteiger partial charge in [-0.1, -0.05) is 20.8 Å². The Kier molecular flexibility index (Phi) is 3.93. The van der Waals surface area contributed by atoms with E-state index in [2.05, 4.69) is 5.32 Å². The highest BCUT2D eigenvalue weighted by atomic mass is 19.3. The summed E-state index contributed by atoms with van der Waals surface area (Å²) in [5.41, 5.74) is -1.00. The quantitative estimate of drug-likeness (QED) is 0.673. The fraction of sp³-hybridized carbons (Fsp3) is 1.00. The van der Waals surface area contributed by atoms with Crippen LogP contribution in [0, 0.1) is 5.92 Å². The van der Waals surface area contributed by atoms with Gasteiger partial charge in [0.1, 0.15) is 0 Å². The number of hydrogen-bond donors (Lipinski definition) is 1. The van der Waals surface area contributed by atoms with Crippen LogP contribution in [0.5, 0.6) is 0 Å². The van der Waals surface area contributed by atoms with E-state index in [-0.39, 0.29) is 5.92 Å². The van der Waals surface area contributed by atoms with Gasteiger partial charge in [0.05, 0.1) is 5.54 Å². The first-order valence-corrected chi connectivity index (χ1v) is 3.98. The third kappa shape index (κ3) is 1.89. The third-order valence-corrected chi connectivity index (χ3v) is 2.47. The molecule has 0 rings (SSSR count). The molecule has 0 radical (unpaired) electrons. The molecule has 0 heterocycles. The first kappa shape index (κ1) is 10.8. The fourth-order valence-electron chi connectivity index (χ4n) is 1.39. The van der Waals surface area contributed by atoms with Crippen LogP contribution in [0.15, 0.2) is 0 Å². The molecule has 0 aliphatic carbocycles. The van der Waals surface area contributed by atoms with Gasteiger partial charge >= 0.3 is 0 Å². The lowest BCUT2D eigenvalue weighted by Gasteiger charge is -2.35. The topological polar surface area (TPSA) is 12.0 Å². The van der Waals surface area contributed by atoms with Crippen molar-refractivity contribution in [1.82, 2.24) is 5.32 Å². The minimum Gasteiger partial charge on any atom is -0.309 e. The van der Waals surface area contributed by atoms with Crippen molar-refractivity contribution >= 4 is 0 Å². The molecule has 1 unspecified atom stereocenters. The number of hydrogen-bond acceptors (Lipinski definition) is 1. The predicted octanol–water partition coefficient (Wildman–Crippen LogP) is 2.28. The smallest absolute Gasteiger partial charge is 0.256 e. The van der Waals surface area contributed by atoms with Crippen molar-refractivity contribution in [3.05, 3.63) is 0 Å². The molecule has 0 saturated carbocycles. The highest BCUT2D eigenvalue weighted by Gasteiger charge is 2.39. The van der Waals surface area contributed by atoms with E-state index in [1.165, 1.54) is 0 Å². The van der Waals surface area contributed by atoms with Gasteiger partial charge < -0.3 is 5.32 Å². The van der Waals surface area contributed by atoms with Gasteiger partial charge in [-0.25, -0.2) is 8.78 Å². The molecule has 0 aliphatic rings. The van der Waals surface area contributed by atoms with Crippen LogP contribution in [0.1, 0.15) is 27.2 Å². The average Bonchev–Trinajstić information content (AvgIpc) is 1.90. The van der Waals surface area contributed by atoms with Crippen LogP contribution in [0.3, 0.4) is 0 Å². The van der Waals surface area contributed by atoms with Crippen LogP contribution in [0.4, 0.5) is 8.78 Å². The zero-order chi connectivity index (χ0) is 9.07. The van der Waals surface area contributed by atoms with Gasteiger partial charge in [-0.05, 0) is 19.4 Å². The summed E-state index contributed by atoms with van der Waals surface area (Å²) in [7, 11) is 1.59. The number of alkyl halides is 2. The Morgan fingerprint density at radius 2 is 1.82 bits per heavy atom. The average molecular weight is 165 g/mol. The summed E-state index contributed by atoms with van der Waals surface area (Å²) in [6.45, 7) is 5.40. The van der Waals surface area contributed by atoms with E-state index >= 15 is 0 Å². The molecule has 1 nitrogen and oxygen atoms in total. The van der Waals surface area contributed by atoms with E-state index in [0.29, 0.717) is 6.42 Å². The molecule has 0 aliphatic heterocycles. The summed E-state index contributed by atoms with van der Waals surface area (Å²) < 4.78 is 25.1. The molecule has 0 aromatic heterocycles. The Bertz CT molecular complexity index is 98.7. The van der Waals surface area contributed by atoms with Crippen molar-refractivity contribution in [2.24, 2.45) is 5.92 Å². The SMILES string of the molecule is CCC(NC)(C(C)C)C(F)F. The zero-order valence-electron chi connectivity index (χ0n) is 7.62. The minimum absolute atomic E-state index is 0.0440. The summed E-state index contributed by atoms with van der Waals surface area (Å²) in [4.78, 5) is 0. The molecule has 1 N–H and O–H groups in total. The second kappa shape index (κ2) is 4.00. The predicted molar refractivity (Wildman–Crippen MR) is 42.9 cm³/mol. The van der Waals surface area contributed by atoms with Crippen molar-refractivity contribution < 1.29 is 8.78 Å². The molecule has 0 aromatic rings. The molecule has 11 heavy (non-hydrogen) atoms. The fourth-order valence-corrected chi connectivity index (χ4v) is 1.39. The van der Waals surface area contributed by atoms with Gasteiger partial charge in [-0.2, -0.15) is 0 Å². The standard InChI is InChI=1S/C8H17F2N/c1-5-8(11-4,6(2)3)7(9)10/h6-7,11H,5H2,1-4H3.